The third kappa shape index (κ3) is 1.83. The molecule has 116 valence electrons. The van der Waals surface area contributed by atoms with Gasteiger partial charge in [0.15, 0.2) is 11.2 Å². The van der Waals surface area contributed by atoms with Crippen molar-refractivity contribution in [1.82, 2.24) is 33.7 Å². The van der Waals surface area contributed by atoms with E-state index in [-0.39, 0.29) is 12.2 Å². The predicted octanol–water partition coefficient (Wildman–Crippen LogP) is -0.316. The third-order valence-electron chi connectivity index (χ3n) is 3.92. The molecule has 0 unspecified atom stereocenters. The maximum atomic E-state index is 12.4. The van der Waals surface area contributed by atoms with E-state index in [9.17, 15) is 9.59 Å². The number of hydrogen-bond donors (Lipinski definition) is 0. The van der Waals surface area contributed by atoms with Gasteiger partial charge in [-0.25, -0.2) is 14.5 Å². The molecule has 3 heterocycles. The van der Waals surface area contributed by atoms with Crippen LogP contribution in [-0.4, -0.2) is 33.7 Å². The summed E-state index contributed by atoms with van der Waals surface area (Å²) in [5.41, 5.74) is 1.55. The first-order valence-electron chi connectivity index (χ1n) is 6.97. The molecule has 0 aliphatic carbocycles. The maximum Gasteiger partial charge on any atom is 0.332 e. The lowest BCUT2D eigenvalue weighted by molar-refractivity contribution is 0.552. The summed E-state index contributed by atoms with van der Waals surface area (Å²) < 4.78 is 5.77. The van der Waals surface area contributed by atoms with Gasteiger partial charge in [-0.1, -0.05) is 17.3 Å². The van der Waals surface area contributed by atoms with E-state index in [0.29, 0.717) is 11.2 Å². The summed E-state index contributed by atoms with van der Waals surface area (Å²) >= 11 is 0. The van der Waals surface area contributed by atoms with Crippen molar-refractivity contribution in [2.75, 3.05) is 0 Å². The molecule has 0 bridgehead atoms. The number of para-hydroxylation sites is 1. The van der Waals surface area contributed by atoms with E-state index in [0.717, 1.165) is 15.6 Å². The van der Waals surface area contributed by atoms with Gasteiger partial charge < -0.3 is 4.57 Å². The number of benzene rings is 1. The zero-order chi connectivity index (χ0) is 16.1. The number of imidazole rings is 1. The minimum Gasteiger partial charge on any atom is -0.304 e. The summed E-state index contributed by atoms with van der Waals surface area (Å²) in [6, 6.07) is 7.56. The third-order valence-corrected chi connectivity index (χ3v) is 3.92. The highest BCUT2D eigenvalue weighted by molar-refractivity contribution is 5.74. The van der Waals surface area contributed by atoms with Crippen LogP contribution in [0.1, 0.15) is 0 Å². The monoisotopic (exact) mass is 311 g/mol. The molecule has 0 saturated carbocycles. The number of aromatic nitrogens is 7. The molecule has 0 aliphatic heterocycles. The molecule has 0 fully saturated rings. The van der Waals surface area contributed by atoms with E-state index in [1.807, 2.05) is 24.3 Å². The zero-order valence-electron chi connectivity index (χ0n) is 12.5. The van der Waals surface area contributed by atoms with E-state index < -0.39 is 5.69 Å². The topological polar surface area (TPSA) is 92.5 Å². The van der Waals surface area contributed by atoms with Crippen molar-refractivity contribution in [2.45, 2.75) is 6.67 Å². The Balaban J connectivity index is 1.94. The summed E-state index contributed by atoms with van der Waals surface area (Å²) in [6.45, 7) is 0.282. The van der Waals surface area contributed by atoms with Gasteiger partial charge in [0.1, 0.15) is 12.2 Å². The number of aryl methyl sites for hydroxylation is 1. The fraction of sp³-hybridized carbons (Fsp3) is 0.214. The second kappa shape index (κ2) is 4.63. The fourth-order valence-corrected chi connectivity index (χ4v) is 2.67. The highest BCUT2D eigenvalue weighted by Crippen LogP contribution is 2.11. The lowest BCUT2D eigenvalue weighted by Gasteiger charge is -2.07. The molecule has 4 rings (SSSR count). The van der Waals surface area contributed by atoms with Crippen molar-refractivity contribution < 1.29 is 0 Å². The molecular formula is C14H13N7O2. The SMILES string of the molecule is Cn1c(=O)c2c(ncn2Cn2nnc3ccccc32)n(C)c1=O. The maximum absolute atomic E-state index is 12.4. The molecule has 3 aromatic heterocycles. The standard InChI is InChI=1S/C14H13N7O2/c1-18-12-11(13(22)19(2)14(18)23)20(7-15-12)8-21-10-6-4-3-5-9(10)16-17-21/h3-7H,8H2,1-2H3. The van der Waals surface area contributed by atoms with Crippen LogP contribution < -0.4 is 11.2 Å². The van der Waals surface area contributed by atoms with Gasteiger partial charge in [0.05, 0.1) is 11.8 Å². The molecule has 0 amide bonds. The predicted molar refractivity (Wildman–Crippen MR) is 83.1 cm³/mol. The average Bonchev–Trinajstić information content (AvgIpc) is 3.16. The second-order valence-corrected chi connectivity index (χ2v) is 5.31. The minimum absolute atomic E-state index is 0.282. The van der Waals surface area contributed by atoms with Crippen molar-refractivity contribution in [2.24, 2.45) is 14.1 Å². The van der Waals surface area contributed by atoms with Crippen LogP contribution in [0.3, 0.4) is 0 Å². The Labute approximate surface area is 129 Å². The number of nitrogens with zero attached hydrogens (tertiary/aromatic N) is 7. The Bertz CT molecular complexity index is 1160. The van der Waals surface area contributed by atoms with E-state index in [2.05, 4.69) is 15.3 Å². The quantitative estimate of drug-likeness (QED) is 0.506. The van der Waals surface area contributed by atoms with Crippen molar-refractivity contribution in [1.29, 1.82) is 0 Å². The van der Waals surface area contributed by atoms with Gasteiger partial charge >= 0.3 is 5.69 Å². The van der Waals surface area contributed by atoms with Crippen molar-refractivity contribution >= 4 is 22.2 Å². The number of hydrogen-bond acceptors (Lipinski definition) is 5. The Kier molecular flexibility index (Phi) is 2.71. The van der Waals surface area contributed by atoms with Crippen molar-refractivity contribution in [3.8, 4) is 0 Å². The Morgan fingerprint density at radius 1 is 1.09 bits per heavy atom. The van der Waals surface area contributed by atoms with Crippen LogP contribution in [-0.2, 0) is 20.8 Å². The average molecular weight is 311 g/mol. The molecular weight excluding hydrogens is 298 g/mol. The molecule has 23 heavy (non-hydrogen) atoms. The molecule has 0 N–H and O–H groups in total. The number of fused-ring (bicyclic) bond motifs is 2. The molecule has 4 aromatic rings. The number of rotatable bonds is 2. The summed E-state index contributed by atoms with van der Waals surface area (Å²) in [4.78, 5) is 28.6. The van der Waals surface area contributed by atoms with Crippen LogP contribution >= 0.6 is 0 Å². The molecule has 9 heteroatoms. The van der Waals surface area contributed by atoms with Crippen LogP contribution in [0.2, 0.25) is 0 Å². The molecule has 0 aliphatic rings. The summed E-state index contributed by atoms with van der Waals surface area (Å²) in [6.07, 6.45) is 1.53. The summed E-state index contributed by atoms with van der Waals surface area (Å²) in [7, 11) is 3.04. The van der Waals surface area contributed by atoms with Crippen molar-refractivity contribution in [3.63, 3.8) is 0 Å². The Morgan fingerprint density at radius 3 is 2.70 bits per heavy atom. The molecule has 0 radical (unpaired) electrons. The van der Waals surface area contributed by atoms with Gasteiger partial charge in [-0.15, -0.1) is 5.10 Å². The lowest BCUT2D eigenvalue weighted by atomic mass is 10.3. The van der Waals surface area contributed by atoms with Gasteiger partial charge in [0.25, 0.3) is 5.56 Å². The molecule has 1 aromatic carbocycles. The van der Waals surface area contributed by atoms with E-state index >= 15 is 0 Å². The summed E-state index contributed by atoms with van der Waals surface area (Å²) in [5, 5.41) is 8.20. The molecule has 0 spiro atoms. The Hall–Kier alpha value is -3.23. The summed E-state index contributed by atoms with van der Waals surface area (Å²) in [5.74, 6) is 0. The van der Waals surface area contributed by atoms with Crippen LogP contribution in [0, 0.1) is 0 Å². The molecule has 0 atom stereocenters. The van der Waals surface area contributed by atoms with Gasteiger partial charge in [-0.2, -0.15) is 0 Å². The first kappa shape index (κ1) is 13.4. The van der Waals surface area contributed by atoms with E-state index in [4.69, 9.17) is 0 Å². The van der Waals surface area contributed by atoms with Crippen LogP contribution in [0.25, 0.3) is 22.2 Å². The highest BCUT2D eigenvalue weighted by Gasteiger charge is 2.15. The molecule has 9 nitrogen and oxygen atoms in total. The highest BCUT2D eigenvalue weighted by atomic mass is 16.2. The van der Waals surface area contributed by atoms with Gasteiger partial charge in [0.2, 0.25) is 0 Å². The van der Waals surface area contributed by atoms with Crippen LogP contribution in [0.4, 0.5) is 0 Å². The minimum atomic E-state index is -0.404. The lowest BCUT2D eigenvalue weighted by Crippen LogP contribution is -2.37. The first-order valence-corrected chi connectivity index (χ1v) is 6.97. The van der Waals surface area contributed by atoms with E-state index in [1.54, 1.807) is 16.3 Å². The smallest absolute Gasteiger partial charge is 0.304 e. The van der Waals surface area contributed by atoms with E-state index in [1.165, 1.54) is 17.9 Å². The van der Waals surface area contributed by atoms with Crippen molar-refractivity contribution in [3.05, 3.63) is 51.4 Å². The Morgan fingerprint density at radius 2 is 1.87 bits per heavy atom. The van der Waals surface area contributed by atoms with Crippen LogP contribution in [0.5, 0.6) is 0 Å². The normalized spacial score (nSPS) is 11.6. The molecule has 0 saturated heterocycles. The van der Waals surface area contributed by atoms with Crippen LogP contribution in [0.15, 0.2) is 40.2 Å². The van der Waals surface area contributed by atoms with Gasteiger partial charge in [0, 0.05) is 14.1 Å². The zero-order valence-corrected chi connectivity index (χ0v) is 12.5. The largest absolute Gasteiger partial charge is 0.332 e. The fourth-order valence-electron chi connectivity index (χ4n) is 2.67. The first-order chi connectivity index (χ1) is 11.1. The second-order valence-electron chi connectivity index (χ2n) is 5.31. The van der Waals surface area contributed by atoms with Gasteiger partial charge in [-0.05, 0) is 12.1 Å². The van der Waals surface area contributed by atoms with Gasteiger partial charge in [-0.3, -0.25) is 13.9 Å².